The van der Waals surface area contributed by atoms with Gasteiger partial charge in [-0.2, -0.15) is 13.5 Å². The molecule has 2 N–H and O–H groups in total. The predicted octanol–water partition coefficient (Wildman–Crippen LogP) is 4.18. The number of piperidine rings is 1. The molecular formula is C21H27Cl2N3O4S. The average Bonchev–Trinajstić information content (AvgIpc) is 2.74. The normalized spacial score (nSPS) is 15.0. The molecule has 0 radical (unpaired) electrons. The maximum Gasteiger partial charge on any atom is 0.340 e. The van der Waals surface area contributed by atoms with Gasteiger partial charge in [-0.05, 0) is 48.9 Å². The number of hydrogen-bond acceptors (Lipinski definition) is 6. The van der Waals surface area contributed by atoms with Crippen LogP contribution in [0.5, 0.6) is 11.5 Å². The van der Waals surface area contributed by atoms with Gasteiger partial charge in [-0.25, -0.2) is 0 Å². The minimum Gasteiger partial charge on any atom is -0.492 e. The summed E-state index contributed by atoms with van der Waals surface area (Å²) in [5.74, 6) is 6.08. The number of hydrazone groups is 1. The van der Waals surface area contributed by atoms with Crippen molar-refractivity contribution in [3.63, 3.8) is 0 Å². The zero-order valence-corrected chi connectivity index (χ0v) is 19.8. The summed E-state index contributed by atoms with van der Waals surface area (Å²) in [6.07, 6.45) is 4.11. The molecule has 0 unspecified atom stereocenters. The fourth-order valence-corrected chi connectivity index (χ4v) is 5.12. The molecule has 7 nitrogen and oxygen atoms in total. The van der Waals surface area contributed by atoms with Gasteiger partial charge in [0.25, 0.3) is 0 Å². The molecule has 0 aromatic heterocycles. The third kappa shape index (κ3) is 5.75. The van der Waals surface area contributed by atoms with E-state index in [9.17, 15) is 8.42 Å². The van der Waals surface area contributed by atoms with Crippen molar-refractivity contribution in [3.8, 4) is 11.5 Å². The van der Waals surface area contributed by atoms with Gasteiger partial charge in [0.05, 0.1) is 12.1 Å². The maximum atomic E-state index is 12.9. The Hall–Kier alpha value is -2.16. The summed E-state index contributed by atoms with van der Waals surface area (Å²) in [6.45, 7) is 3.62. The molecule has 10 heteroatoms. The molecule has 0 amide bonds. The lowest BCUT2D eigenvalue weighted by atomic mass is 9.87. The van der Waals surface area contributed by atoms with E-state index < -0.39 is 10.1 Å². The van der Waals surface area contributed by atoms with Crippen LogP contribution in [0.15, 0.2) is 46.4 Å². The molecule has 0 aliphatic carbocycles. The third-order valence-electron chi connectivity index (χ3n) is 5.26. The summed E-state index contributed by atoms with van der Waals surface area (Å²) in [5, 5.41) is 3.70. The minimum absolute atomic E-state index is 0. The minimum atomic E-state index is -4.12. The fraction of sp³-hybridized carbons (Fsp3) is 0.381. The summed E-state index contributed by atoms with van der Waals surface area (Å²) in [4.78, 5) is 1.98. The first-order valence-corrected chi connectivity index (χ1v) is 11.6. The topological polar surface area (TPSA) is 94.2 Å². The number of hydrogen-bond donors (Lipinski definition) is 1. The number of likely N-dealkylation sites (tertiary alicyclic amines) is 1. The molecule has 0 saturated carbocycles. The lowest BCUT2D eigenvalue weighted by molar-refractivity contribution is 0.311. The number of methoxy groups -OCH3 is 1. The van der Waals surface area contributed by atoms with Crippen molar-refractivity contribution in [1.82, 2.24) is 4.90 Å². The van der Waals surface area contributed by atoms with Gasteiger partial charge in [0.15, 0.2) is 11.5 Å². The maximum absolute atomic E-state index is 12.9. The van der Waals surface area contributed by atoms with Crippen LogP contribution in [0.2, 0.25) is 5.02 Å². The number of halogens is 2. The van der Waals surface area contributed by atoms with E-state index in [0.717, 1.165) is 43.5 Å². The van der Waals surface area contributed by atoms with Crippen LogP contribution in [-0.4, -0.2) is 39.9 Å². The highest BCUT2D eigenvalue weighted by molar-refractivity contribution is 7.87. The lowest BCUT2D eigenvalue weighted by Gasteiger charge is -2.31. The van der Waals surface area contributed by atoms with Gasteiger partial charge in [-0.3, -0.25) is 0 Å². The van der Waals surface area contributed by atoms with E-state index >= 15 is 0 Å². The third-order valence-corrected chi connectivity index (χ3v) is 7.00. The van der Waals surface area contributed by atoms with Crippen LogP contribution in [0.4, 0.5) is 0 Å². The molecule has 3 rings (SSSR count). The molecule has 0 spiro atoms. The van der Waals surface area contributed by atoms with E-state index in [2.05, 4.69) is 16.1 Å². The quantitative estimate of drug-likeness (QED) is 0.207. The Labute approximate surface area is 194 Å². The van der Waals surface area contributed by atoms with E-state index in [1.54, 1.807) is 24.5 Å². The summed E-state index contributed by atoms with van der Waals surface area (Å²) in [7, 11) is -2.59. The first-order valence-electron chi connectivity index (χ1n) is 9.76. The zero-order valence-electron chi connectivity index (χ0n) is 17.5. The van der Waals surface area contributed by atoms with E-state index in [0.29, 0.717) is 5.75 Å². The second kappa shape index (κ2) is 10.9. The second-order valence-electron chi connectivity index (χ2n) is 7.11. The van der Waals surface area contributed by atoms with Crippen molar-refractivity contribution in [2.24, 2.45) is 10.9 Å². The summed E-state index contributed by atoms with van der Waals surface area (Å²) in [5.41, 5.74) is 1.92. The Bertz CT molecular complexity index is 1020. The van der Waals surface area contributed by atoms with Gasteiger partial charge in [0.1, 0.15) is 11.2 Å². The number of ether oxygens (including phenoxy) is 1. The molecule has 1 aliphatic rings. The van der Waals surface area contributed by atoms with Gasteiger partial charge < -0.3 is 19.7 Å². The molecule has 1 aliphatic heterocycles. The monoisotopic (exact) mass is 487 g/mol. The number of benzene rings is 2. The van der Waals surface area contributed by atoms with E-state index in [-0.39, 0.29) is 34.0 Å². The first kappa shape index (κ1) is 25.1. The summed E-state index contributed by atoms with van der Waals surface area (Å²) < 4.78 is 37.0. The highest BCUT2D eigenvalue weighted by atomic mass is 35.5. The molecular weight excluding hydrogens is 461 g/mol. The molecule has 1 saturated heterocycles. The molecule has 2 aromatic rings. The van der Waals surface area contributed by atoms with Crippen molar-refractivity contribution in [2.75, 3.05) is 20.2 Å². The Morgan fingerprint density at radius 2 is 1.94 bits per heavy atom. The van der Waals surface area contributed by atoms with Crippen LogP contribution >= 0.6 is 24.0 Å². The Balaban J connectivity index is 0.00000341. The van der Waals surface area contributed by atoms with Gasteiger partial charge in [0, 0.05) is 18.7 Å². The van der Waals surface area contributed by atoms with Gasteiger partial charge in [-0.1, -0.05) is 36.7 Å². The summed E-state index contributed by atoms with van der Waals surface area (Å²) >= 11 is 6.08. The molecule has 0 atom stereocenters. The van der Waals surface area contributed by atoms with Crippen molar-refractivity contribution in [2.45, 2.75) is 37.0 Å². The van der Waals surface area contributed by atoms with E-state index in [4.69, 9.17) is 26.4 Å². The largest absolute Gasteiger partial charge is 0.492 e. The highest BCUT2D eigenvalue weighted by Crippen LogP contribution is 2.42. The van der Waals surface area contributed by atoms with Crippen LogP contribution in [0.3, 0.4) is 0 Å². The molecule has 170 valence electrons. The Morgan fingerprint density at radius 3 is 2.52 bits per heavy atom. The van der Waals surface area contributed by atoms with E-state index in [1.807, 2.05) is 6.92 Å². The molecule has 1 heterocycles. The van der Waals surface area contributed by atoms with Crippen molar-refractivity contribution >= 4 is 40.5 Å². The zero-order chi connectivity index (χ0) is 21.7. The number of aryl methyl sites for hydroxylation is 1. The lowest BCUT2D eigenvalue weighted by Crippen LogP contribution is -2.32. The van der Waals surface area contributed by atoms with Gasteiger partial charge >= 0.3 is 10.1 Å². The molecule has 2 aromatic carbocycles. The highest BCUT2D eigenvalue weighted by Gasteiger charge is 2.28. The number of nitrogens with two attached hydrogens (primary N) is 1. The van der Waals surface area contributed by atoms with E-state index in [1.165, 1.54) is 19.2 Å². The molecule has 31 heavy (non-hydrogen) atoms. The fourth-order valence-electron chi connectivity index (χ4n) is 3.70. The summed E-state index contributed by atoms with van der Waals surface area (Å²) in [6, 6.07) is 9.99. The average molecular weight is 488 g/mol. The van der Waals surface area contributed by atoms with Crippen LogP contribution in [0, 0.1) is 0 Å². The van der Waals surface area contributed by atoms with Crippen LogP contribution in [-0.2, 0) is 16.5 Å². The van der Waals surface area contributed by atoms with Crippen LogP contribution in [0.25, 0.3) is 0 Å². The van der Waals surface area contributed by atoms with Crippen LogP contribution < -0.4 is 14.8 Å². The SMILES string of the molecule is CCc1cc(OS(=O)(=O)c2ccccc2Cl)c(OC)c(C2CCN(C=NN)CC2)c1.Cl. The standard InChI is InChI=1S/C21H26ClN3O4S.ClH/c1-3-15-12-17(16-8-10-25(11-9-16)14-24-23)21(28-2)19(13-15)29-30(26,27)20-7-5-4-6-18(20)22;/h4-7,12-14,16H,3,8-11,23H2,1-2H3;1H. The molecule has 1 fully saturated rings. The predicted molar refractivity (Wildman–Crippen MR) is 125 cm³/mol. The van der Waals surface area contributed by atoms with Crippen LogP contribution in [0.1, 0.15) is 36.8 Å². The first-order chi connectivity index (χ1) is 14.4. The van der Waals surface area contributed by atoms with Gasteiger partial charge in [-0.15, -0.1) is 12.4 Å². The van der Waals surface area contributed by atoms with Gasteiger partial charge in [0.2, 0.25) is 0 Å². The van der Waals surface area contributed by atoms with Crippen molar-refractivity contribution in [3.05, 3.63) is 52.5 Å². The van der Waals surface area contributed by atoms with Crippen molar-refractivity contribution in [1.29, 1.82) is 0 Å². The molecule has 0 bridgehead atoms. The smallest absolute Gasteiger partial charge is 0.340 e. The second-order valence-corrected chi connectivity index (χ2v) is 9.03. The number of nitrogens with zero attached hydrogens (tertiary/aromatic N) is 2. The Morgan fingerprint density at radius 1 is 1.26 bits per heavy atom. The van der Waals surface area contributed by atoms with Crippen molar-refractivity contribution < 1.29 is 17.3 Å². The number of rotatable bonds is 7. The Kier molecular flexibility index (Phi) is 8.85.